The molecule has 1 atom stereocenters. The van der Waals surface area contributed by atoms with Crippen LogP contribution in [-0.2, 0) is 6.54 Å². The number of nitrogens with one attached hydrogen (secondary N) is 1. The van der Waals surface area contributed by atoms with Gasteiger partial charge in [-0.15, -0.1) is 0 Å². The predicted molar refractivity (Wildman–Crippen MR) is 111 cm³/mol. The van der Waals surface area contributed by atoms with E-state index in [0.29, 0.717) is 5.69 Å². The summed E-state index contributed by atoms with van der Waals surface area (Å²) >= 11 is 0. The van der Waals surface area contributed by atoms with Crippen LogP contribution in [0.15, 0.2) is 48.8 Å². The van der Waals surface area contributed by atoms with E-state index >= 15 is 0 Å². The molecular weight excluding hydrogens is 391 g/mol. The lowest BCUT2D eigenvalue weighted by atomic mass is 10.1. The maximum atomic E-state index is 14.3. The van der Waals surface area contributed by atoms with Crippen LogP contribution in [0.2, 0.25) is 0 Å². The predicted octanol–water partition coefficient (Wildman–Crippen LogP) is 4.10. The SMILES string of the molecule is N[C@H]1CCCN(c2ccncc2NCc2ccc(F)c(-c3c(F)cccc3F)n2)C1. The number of nitrogens with two attached hydrogens (primary N) is 1. The Kier molecular flexibility index (Phi) is 5.85. The van der Waals surface area contributed by atoms with Crippen molar-refractivity contribution in [1.82, 2.24) is 9.97 Å². The van der Waals surface area contributed by atoms with Gasteiger partial charge in [0.25, 0.3) is 0 Å². The summed E-state index contributed by atoms with van der Waals surface area (Å²) < 4.78 is 42.5. The van der Waals surface area contributed by atoms with Crippen LogP contribution in [0.25, 0.3) is 11.3 Å². The van der Waals surface area contributed by atoms with Gasteiger partial charge in [0.1, 0.15) is 23.1 Å². The normalized spacial score (nSPS) is 16.5. The molecule has 1 aliphatic heterocycles. The molecule has 0 aliphatic carbocycles. The molecule has 3 heterocycles. The highest BCUT2D eigenvalue weighted by molar-refractivity contribution is 5.69. The highest BCUT2D eigenvalue weighted by atomic mass is 19.1. The van der Waals surface area contributed by atoms with Gasteiger partial charge < -0.3 is 16.0 Å². The maximum absolute atomic E-state index is 14.3. The van der Waals surface area contributed by atoms with Crippen molar-refractivity contribution in [2.45, 2.75) is 25.4 Å². The standard InChI is InChI=1S/C22H22F3N5/c23-16-4-1-5-17(24)21(16)22-18(25)7-6-15(29-22)11-28-19-12-27-9-8-20(19)30-10-2-3-14(26)13-30/h1,4-9,12,14,28H,2-3,10-11,13,26H2/t14-/m0/s1. The molecule has 0 spiro atoms. The van der Waals surface area contributed by atoms with Gasteiger partial charge in [0.2, 0.25) is 0 Å². The van der Waals surface area contributed by atoms with Gasteiger partial charge in [-0.05, 0) is 43.2 Å². The number of hydrogen-bond acceptors (Lipinski definition) is 5. The maximum Gasteiger partial charge on any atom is 0.149 e. The number of halogens is 3. The van der Waals surface area contributed by atoms with Gasteiger partial charge in [0, 0.05) is 25.3 Å². The van der Waals surface area contributed by atoms with E-state index in [4.69, 9.17) is 5.73 Å². The first-order valence-electron chi connectivity index (χ1n) is 9.81. The molecule has 3 aromatic rings. The van der Waals surface area contributed by atoms with Crippen LogP contribution in [0, 0.1) is 17.5 Å². The number of rotatable bonds is 5. The number of benzene rings is 1. The third-order valence-electron chi connectivity index (χ3n) is 5.16. The lowest BCUT2D eigenvalue weighted by Gasteiger charge is -2.33. The fourth-order valence-corrected chi connectivity index (χ4v) is 3.69. The fraction of sp³-hybridized carbons (Fsp3) is 0.273. The van der Waals surface area contributed by atoms with E-state index in [1.165, 1.54) is 18.2 Å². The van der Waals surface area contributed by atoms with Gasteiger partial charge in [0.05, 0.1) is 35.4 Å². The third kappa shape index (κ3) is 4.23. The van der Waals surface area contributed by atoms with E-state index in [1.54, 1.807) is 12.4 Å². The number of aromatic nitrogens is 2. The molecule has 5 nitrogen and oxygen atoms in total. The molecule has 0 bridgehead atoms. The zero-order valence-electron chi connectivity index (χ0n) is 16.3. The first-order chi connectivity index (χ1) is 14.5. The topological polar surface area (TPSA) is 67.1 Å². The highest BCUT2D eigenvalue weighted by Gasteiger charge is 2.20. The van der Waals surface area contributed by atoms with Crippen molar-refractivity contribution in [3.63, 3.8) is 0 Å². The summed E-state index contributed by atoms with van der Waals surface area (Å²) in [5.74, 6) is -2.50. The molecule has 30 heavy (non-hydrogen) atoms. The third-order valence-corrected chi connectivity index (χ3v) is 5.16. The van der Waals surface area contributed by atoms with Crippen LogP contribution >= 0.6 is 0 Å². The minimum atomic E-state index is -0.859. The zero-order chi connectivity index (χ0) is 21.1. The molecule has 1 fully saturated rings. The summed E-state index contributed by atoms with van der Waals surface area (Å²) in [4.78, 5) is 10.5. The summed E-state index contributed by atoms with van der Waals surface area (Å²) in [6, 6.07) is 8.07. The van der Waals surface area contributed by atoms with Crippen LogP contribution in [0.4, 0.5) is 24.5 Å². The average Bonchev–Trinajstić information content (AvgIpc) is 2.74. The molecule has 1 aromatic carbocycles. The first kappa shape index (κ1) is 20.2. The van der Waals surface area contributed by atoms with E-state index in [-0.39, 0.29) is 18.3 Å². The Balaban J connectivity index is 1.57. The molecule has 1 saturated heterocycles. The van der Waals surface area contributed by atoms with E-state index in [9.17, 15) is 13.2 Å². The summed E-state index contributed by atoms with van der Waals surface area (Å²) in [6.45, 7) is 1.89. The van der Waals surface area contributed by atoms with E-state index in [1.807, 2.05) is 6.07 Å². The Hall–Kier alpha value is -3.13. The van der Waals surface area contributed by atoms with E-state index in [0.717, 1.165) is 49.4 Å². The van der Waals surface area contributed by atoms with Gasteiger partial charge in [-0.2, -0.15) is 0 Å². The minimum absolute atomic E-state index is 0.122. The first-order valence-corrected chi connectivity index (χ1v) is 9.81. The van der Waals surface area contributed by atoms with Crippen molar-refractivity contribution >= 4 is 11.4 Å². The van der Waals surface area contributed by atoms with Crippen molar-refractivity contribution in [3.8, 4) is 11.3 Å². The summed E-state index contributed by atoms with van der Waals surface area (Å²) in [7, 11) is 0. The molecule has 2 aromatic heterocycles. The monoisotopic (exact) mass is 413 g/mol. The van der Waals surface area contributed by atoms with Crippen LogP contribution in [-0.4, -0.2) is 29.1 Å². The Morgan fingerprint density at radius 2 is 1.87 bits per heavy atom. The molecule has 0 amide bonds. The van der Waals surface area contributed by atoms with Crippen molar-refractivity contribution < 1.29 is 13.2 Å². The molecule has 0 radical (unpaired) electrons. The van der Waals surface area contributed by atoms with Gasteiger partial charge in [0.15, 0.2) is 0 Å². The molecule has 8 heteroatoms. The fourth-order valence-electron chi connectivity index (χ4n) is 3.69. The zero-order valence-corrected chi connectivity index (χ0v) is 16.3. The van der Waals surface area contributed by atoms with Crippen LogP contribution in [0.3, 0.4) is 0 Å². The summed E-state index contributed by atoms with van der Waals surface area (Å²) in [6.07, 6.45) is 5.44. The Morgan fingerprint density at radius 1 is 1.07 bits per heavy atom. The van der Waals surface area contributed by atoms with E-state index in [2.05, 4.69) is 20.2 Å². The van der Waals surface area contributed by atoms with Crippen LogP contribution in [0.1, 0.15) is 18.5 Å². The van der Waals surface area contributed by atoms with Crippen molar-refractivity contribution in [2.75, 3.05) is 23.3 Å². The Bertz CT molecular complexity index is 1020. The number of nitrogens with zero attached hydrogens (tertiary/aromatic N) is 3. The largest absolute Gasteiger partial charge is 0.376 e. The Labute approximate surface area is 172 Å². The van der Waals surface area contributed by atoms with Crippen LogP contribution < -0.4 is 16.0 Å². The van der Waals surface area contributed by atoms with Gasteiger partial charge in [-0.1, -0.05) is 6.07 Å². The molecule has 0 saturated carbocycles. The smallest absolute Gasteiger partial charge is 0.149 e. The number of piperidine rings is 1. The molecular formula is C22H22F3N5. The van der Waals surface area contributed by atoms with Gasteiger partial charge in [-0.3, -0.25) is 4.98 Å². The molecule has 4 rings (SSSR count). The second-order valence-electron chi connectivity index (χ2n) is 7.32. The van der Waals surface area contributed by atoms with Crippen molar-refractivity contribution in [3.05, 3.63) is 71.9 Å². The average molecular weight is 413 g/mol. The summed E-state index contributed by atoms with van der Waals surface area (Å²) in [5, 5.41) is 3.25. The molecule has 156 valence electrons. The van der Waals surface area contributed by atoms with Crippen molar-refractivity contribution in [2.24, 2.45) is 5.73 Å². The molecule has 0 unspecified atom stereocenters. The number of hydrogen-bond donors (Lipinski definition) is 2. The lowest BCUT2D eigenvalue weighted by molar-refractivity contribution is 0.506. The molecule has 1 aliphatic rings. The van der Waals surface area contributed by atoms with E-state index < -0.39 is 23.0 Å². The number of pyridine rings is 2. The van der Waals surface area contributed by atoms with Gasteiger partial charge in [-0.25, -0.2) is 18.2 Å². The minimum Gasteiger partial charge on any atom is -0.376 e. The highest BCUT2D eigenvalue weighted by Crippen LogP contribution is 2.29. The second-order valence-corrected chi connectivity index (χ2v) is 7.32. The van der Waals surface area contributed by atoms with Gasteiger partial charge >= 0.3 is 0 Å². The lowest BCUT2D eigenvalue weighted by Crippen LogP contribution is -2.43. The second kappa shape index (κ2) is 8.71. The summed E-state index contributed by atoms with van der Waals surface area (Å²) in [5.41, 5.74) is 7.49. The Morgan fingerprint density at radius 3 is 2.63 bits per heavy atom. The molecule has 3 N–H and O–H groups in total. The quantitative estimate of drug-likeness (QED) is 0.659. The van der Waals surface area contributed by atoms with Crippen LogP contribution in [0.5, 0.6) is 0 Å². The van der Waals surface area contributed by atoms with Crippen molar-refractivity contribution in [1.29, 1.82) is 0 Å². The number of anilines is 2.